The molecular weight excluding hydrogens is 213 g/mol. The van der Waals surface area contributed by atoms with Crippen molar-refractivity contribution in [3.8, 4) is 0 Å². The number of halogens is 3. The largest absolute Gasteiger partial charge is 0.465 e. The number of ether oxygens (including phenoxy) is 1. The molecule has 0 aromatic carbocycles. The Morgan fingerprint density at radius 1 is 1.20 bits per heavy atom. The summed E-state index contributed by atoms with van der Waals surface area (Å²) in [5, 5.41) is 0. The van der Waals surface area contributed by atoms with Crippen LogP contribution < -0.4 is 0 Å². The zero-order chi connectivity index (χ0) is 12.3. The zero-order valence-electron chi connectivity index (χ0n) is 8.77. The molecular formula is C9H13F3O3. The Morgan fingerprint density at radius 3 is 2.00 bits per heavy atom. The van der Waals surface area contributed by atoms with Crippen molar-refractivity contribution in [3.05, 3.63) is 0 Å². The molecule has 0 aliphatic heterocycles. The molecule has 0 aromatic rings. The number of hydrogen-bond acceptors (Lipinski definition) is 3. The van der Waals surface area contributed by atoms with E-state index in [1.807, 2.05) is 0 Å². The van der Waals surface area contributed by atoms with E-state index in [0.717, 1.165) is 13.8 Å². The topological polar surface area (TPSA) is 43.4 Å². The summed E-state index contributed by atoms with van der Waals surface area (Å²) in [4.78, 5) is 22.4. The summed E-state index contributed by atoms with van der Waals surface area (Å²) in [5.41, 5.74) is -1.74. The van der Waals surface area contributed by atoms with Crippen LogP contribution in [0.25, 0.3) is 0 Å². The van der Waals surface area contributed by atoms with Gasteiger partial charge in [-0.2, -0.15) is 13.2 Å². The van der Waals surface area contributed by atoms with Crippen LogP contribution in [-0.4, -0.2) is 24.5 Å². The monoisotopic (exact) mass is 226 g/mol. The van der Waals surface area contributed by atoms with Crippen molar-refractivity contribution in [2.75, 3.05) is 6.61 Å². The highest BCUT2D eigenvalue weighted by Gasteiger charge is 2.43. The number of ketones is 1. The molecule has 0 saturated carbocycles. The third kappa shape index (κ3) is 4.31. The number of alkyl halides is 3. The normalized spacial score (nSPS) is 12.4. The first-order valence-corrected chi connectivity index (χ1v) is 4.38. The van der Waals surface area contributed by atoms with E-state index in [4.69, 9.17) is 0 Å². The van der Waals surface area contributed by atoms with E-state index >= 15 is 0 Å². The minimum absolute atomic E-state index is 0.0293. The van der Waals surface area contributed by atoms with Crippen LogP contribution in [0, 0.1) is 5.41 Å². The van der Waals surface area contributed by atoms with Gasteiger partial charge >= 0.3 is 12.1 Å². The van der Waals surface area contributed by atoms with Gasteiger partial charge in [0.2, 0.25) is 0 Å². The minimum atomic E-state index is -4.60. The van der Waals surface area contributed by atoms with Crippen molar-refractivity contribution < 1.29 is 27.5 Å². The summed E-state index contributed by atoms with van der Waals surface area (Å²) in [6.45, 7) is 3.79. The van der Waals surface area contributed by atoms with E-state index in [2.05, 4.69) is 4.74 Å². The summed E-state index contributed by atoms with van der Waals surface area (Å²) in [6, 6.07) is 0. The molecule has 0 atom stereocenters. The van der Waals surface area contributed by atoms with Crippen LogP contribution in [0.1, 0.15) is 27.2 Å². The number of Topliss-reactive ketones (excluding diaryl/α,β-unsaturated/α-hetero) is 1. The van der Waals surface area contributed by atoms with Crippen LogP contribution in [0.5, 0.6) is 0 Å². The summed E-state index contributed by atoms with van der Waals surface area (Å²) in [6.07, 6.45) is -6.21. The lowest BCUT2D eigenvalue weighted by molar-refractivity contribution is -0.168. The molecule has 0 saturated heterocycles. The zero-order valence-corrected chi connectivity index (χ0v) is 8.77. The molecule has 0 radical (unpaired) electrons. The number of carbonyl (C=O) groups is 2. The van der Waals surface area contributed by atoms with Crippen molar-refractivity contribution in [2.24, 2.45) is 5.41 Å². The fourth-order valence-electron chi connectivity index (χ4n) is 0.828. The standard InChI is InChI=1S/C9H13F3O3/c1-4-15-7(14)8(2,3)6(13)5-9(10,11)12/h4-5H2,1-3H3. The molecule has 0 spiro atoms. The summed E-state index contributed by atoms with van der Waals surface area (Å²) in [5.74, 6) is -2.12. The van der Waals surface area contributed by atoms with Crippen LogP contribution in [0.15, 0.2) is 0 Å². The van der Waals surface area contributed by atoms with Crippen molar-refractivity contribution in [1.82, 2.24) is 0 Å². The number of rotatable bonds is 4. The van der Waals surface area contributed by atoms with Gasteiger partial charge in [-0.05, 0) is 20.8 Å². The second-order valence-electron chi connectivity index (χ2n) is 3.56. The molecule has 0 amide bonds. The predicted molar refractivity (Wildman–Crippen MR) is 46.1 cm³/mol. The molecule has 0 bridgehead atoms. The van der Waals surface area contributed by atoms with Gasteiger partial charge in [0.05, 0.1) is 6.61 Å². The molecule has 0 rings (SSSR count). The Balaban J connectivity index is 4.59. The second-order valence-corrected chi connectivity index (χ2v) is 3.56. The summed E-state index contributed by atoms with van der Waals surface area (Å²) >= 11 is 0. The van der Waals surface area contributed by atoms with Gasteiger partial charge in [0.15, 0.2) is 5.78 Å². The SMILES string of the molecule is CCOC(=O)C(C)(C)C(=O)CC(F)(F)F. The second kappa shape index (κ2) is 4.63. The van der Waals surface area contributed by atoms with E-state index in [1.54, 1.807) is 0 Å². The highest BCUT2D eigenvalue weighted by atomic mass is 19.4. The van der Waals surface area contributed by atoms with E-state index in [1.165, 1.54) is 6.92 Å². The number of carbonyl (C=O) groups excluding carboxylic acids is 2. The quantitative estimate of drug-likeness (QED) is 0.544. The molecule has 3 nitrogen and oxygen atoms in total. The first-order valence-electron chi connectivity index (χ1n) is 4.38. The van der Waals surface area contributed by atoms with Crippen LogP contribution in [0.3, 0.4) is 0 Å². The molecule has 0 unspecified atom stereocenters. The third-order valence-electron chi connectivity index (χ3n) is 1.84. The van der Waals surface area contributed by atoms with Crippen molar-refractivity contribution >= 4 is 11.8 Å². The van der Waals surface area contributed by atoms with E-state index in [0.29, 0.717) is 0 Å². The molecule has 88 valence electrons. The minimum Gasteiger partial charge on any atom is -0.465 e. The molecule has 0 N–H and O–H groups in total. The highest BCUT2D eigenvalue weighted by Crippen LogP contribution is 2.28. The number of esters is 1. The lowest BCUT2D eigenvalue weighted by Crippen LogP contribution is -2.37. The van der Waals surface area contributed by atoms with Crippen LogP contribution in [-0.2, 0) is 14.3 Å². The first-order chi connectivity index (χ1) is 6.61. The average Bonchev–Trinajstić information content (AvgIpc) is 2.01. The van der Waals surface area contributed by atoms with Gasteiger partial charge in [0.25, 0.3) is 0 Å². The Bertz CT molecular complexity index is 256. The molecule has 0 aliphatic rings. The fraction of sp³-hybridized carbons (Fsp3) is 0.778. The van der Waals surface area contributed by atoms with Crippen molar-refractivity contribution in [1.29, 1.82) is 0 Å². The molecule has 0 aliphatic carbocycles. The predicted octanol–water partition coefficient (Wildman–Crippen LogP) is 2.10. The van der Waals surface area contributed by atoms with E-state index in [9.17, 15) is 22.8 Å². The molecule has 15 heavy (non-hydrogen) atoms. The summed E-state index contributed by atoms with van der Waals surface area (Å²) < 4.78 is 40.3. The molecule has 0 fully saturated rings. The Morgan fingerprint density at radius 2 is 1.67 bits per heavy atom. The number of hydrogen-bond donors (Lipinski definition) is 0. The molecule has 0 heterocycles. The maximum Gasteiger partial charge on any atom is 0.395 e. The van der Waals surface area contributed by atoms with E-state index in [-0.39, 0.29) is 6.61 Å². The van der Waals surface area contributed by atoms with Gasteiger partial charge in [0.1, 0.15) is 11.8 Å². The smallest absolute Gasteiger partial charge is 0.395 e. The fourth-order valence-corrected chi connectivity index (χ4v) is 0.828. The molecule has 0 aromatic heterocycles. The van der Waals surface area contributed by atoms with Crippen LogP contribution >= 0.6 is 0 Å². The van der Waals surface area contributed by atoms with Gasteiger partial charge in [-0.15, -0.1) is 0 Å². The highest BCUT2D eigenvalue weighted by molar-refractivity contribution is 6.03. The lowest BCUT2D eigenvalue weighted by atomic mass is 9.86. The van der Waals surface area contributed by atoms with Crippen molar-refractivity contribution in [3.63, 3.8) is 0 Å². The molecule has 6 heteroatoms. The maximum atomic E-state index is 11.9. The van der Waals surface area contributed by atoms with Gasteiger partial charge in [-0.3, -0.25) is 9.59 Å². The Labute approximate surface area is 85.6 Å². The Hall–Kier alpha value is -1.07. The maximum absolute atomic E-state index is 11.9. The Kier molecular flexibility index (Phi) is 4.30. The first kappa shape index (κ1) is 13.9. The van der Waals surface area contributed by atoms with Gasteiger partial charge < -0.3 is 4.74 Å². The lowest BCUT2D eigenvalue weighted by Gasteiger charge is -2.21. The average molecular weight is 226 g/mol. The van der Waals surface area contributed by atoms with Crippen molar-refractivity contribution in [2.45, 2.75) is 33.4 Å². The summed E-state index contributed by atoms with van der Waals surface area (Å²) in [7, 11) is 0. The van der Waals surface area contributed by atoms with Gasteiger partial charge in [-0.1, -0.05) is 0 Å². The van der Waals surface area contributed by atoms with Crippen LogP contribution in [0.4, 0.5) is 13.2 Å². The van der Waals surface area contributed by atoms with Crippen LogP contribution in [0.2, 0.25) is 0 Å². The van der Waals surface area contributed by atoms with Gasteiger partial charge in [-0.25, -0.2) is 0 Å². The van der Waals surface area contributed by atoms with E-state index < -0.39 is 29.8 Å². The van der Waals surface area contributed by atoms with Gasteiger partial charge in [0, 0.05) is 0 Å². The third-order valence-corrected chi connectivity index (χ3v) is 1.84.